The molecule has 0 bridgehead atoms. The molecule has 2 saturated heterocycles. The summed E-state index contributed by atoms with van der Waals surface area (Å²) in [6, 6.07) is 0. The fourth-order valence-electron chi connectivity index (χ4n) is 4.56. The van der Waals surface area contributed by atoms with Gasteiger partial charge in [-0.25, -0.2) is 0 Å². The number of halogens is 1. The summed E-state index contributed by atoms with van der Waals surface area (Å²) >= 11 is 0. The van der Waals surface area contributed by atoms with Crippen LogP contribution in [0.4, 0.5) is 0 Å². The Labute approximate surface area is 134 Å². The maximum absolute atomic E-state index is 13.1. The average Bonchev–Trinajstić information content (AvgIpc) is 2.77. The second-order valence-electron chi connectivity index (χ2n) is 8.27. The summed E-state index contributed by atoms with van der Waals surface area (Å²) < 4.78 is 5.89. The van der Waals surface area contributed by atoms with Gasteiger partial charge in [0, 0.05) is 31.0 Å². The van der Waals surface area contributed by atoms with E-state index in [9.17, 15) is 4.79 Å². The highest BCUT2D eigenvalue weighted by Gasteiger charge is 2.71. The maximum Gasteiger partial charge on any atom is 0.243 e. The second-order valence-corrected chi connectivity index (χ2v) is 8.27. The van der Waals surface area contributed by atoms with Gasteiger partial charge in [0.25, 0.3) is 0 Å². The van der Waals surface area contributed by atoms with Crippen molar-refractivity contribution in [2.75, 3.05) is 19.7 Å². The molecule has 21 heavy (non-hydrogen) atoms. The number of hydrogen-bond donors (Lipinski definition) is 1. The summed E-state index contributed by atoms with van der Waals surface area (Å²) in [5.41, 5.74) is 5.90. The number of carbonyl (C=O) groups is 1. The highest BCUT2D eigenvalue weighted by Crippen LogP contribution is 2.58. The quantitative estimate of drug-likeness (QED) is 0.807. The number of rotatable bonds is 1. The van der Waals surface area contributed by atoms with Crippen LogP contribution < -0.4 is 5.73 Å². The van der Waals surface area contributed by atoms with Gasteiger partial charge in [-0.15, -0.1) is 12.4 Å². The number of ether oxygens (including phenoxy) is 1. The monoisotopic (exact) mass is 316 g/mol. The molecule has 2 heterocycles. The summed E-state index contributed by atoms with van der Waals surface area (Å²) in [6.45, 7) is 11.1. The molecule has 0 radical (unpaired) electrons. The van der Waals surface area contributed by atoms with Gasteiger partial charge in [-0.3, -0.25) is 4.79 Å². The number of nitrogens with two attached hydrogens (primary N) is 1. The normalized spacial score (nSPS) is 40.0. The molecule has 122 valence electrons. The summed E-state index contributed by atoms with van der Waals surface area (Å²) in [5.74, 6) is 0.349. The van der Waals surface area contributed by atoms with E-state index in [1.165, 1.54) is 0 Å². The molecule has 3 rings (SSSR count). The maximum atomic E-state index is 13.1. The van der Waals surface area contributed by atoms with Gasteiger partial charge >= 0.3 is 0 Å². The summed E-state index contributed by atoms with van der Waals surface area (Å²) in [4.78, 5) is 15.0. The molecule has 3 aliphatic rings. The predicted octanol–water partition coefficient (Wildman–Crippen LogP) is 2.20. The standard InChI is InChI=1S/C16H28N2O2.ClH/c1-14(2)7-8-18(10-14)13(19)16(17)11-6-5-9-20-12(11)15(16,3)4;/h11-12H,5-10,17H2,1-4H3;1H. The van der Waals surface area contributed by atoms with Crippen molar-refractivity contribution in [1.29, 1.82) is 0 Å². The van der Waals surface area contributed by atoms with Crippen molar-refractivity contribution >= 4 is 18.3 Å². The zero-order valence-electron chi connectivity index (χ0n) is 13.6. The third-order valence-electron chi connectivity index (χ3n) is 6.00. The minimum Gasteiger partial charge on any atom is -0.377 e. The number of nitrogens with zero attached hydrogens (tertiary/aromatic N) is 1. The topological polar surface area (TPSA) is 55.6 Å². The van der Waals surface area contributed by atoms with Crippen molar-refractivity contribution in [2.24, 2.45) is 22.5 Å². The van der Waals surface area contributed by atoms with Gasteiger partial charge in [0.2, 0.25) is 5.91 Å². The van der Waals surface area contributed by atoms with Crippen molar-refractivity contribution in [3.63, 3.8) is 0 Å². The van der Waals surface area contributed by atoms with Crippen molar-refractivity contribution in [2.45, 2.75) is 58.6 Å². The predicted molar refractivity (Wildman–Crippen MR) is 85.4 cm³/mol. The lowest BCUT2D eigenvalue weighted by molar-refractivity contribution is -0.229. The highest BCUT2D eigenvalue weighted by molar-refractivity contribution is 5.90. The molecule has 1 aliphatic carbocycles. The van der Waals surface area contributed by atoms with Crippen LogP contribution in [0.5, 0.6) is 0 Å². The first-order valence-electron chi connectivity index (χ1n) is 7.90. The molecule has 3 fully saturated rings. The van der Waals surface area contributed by atoms with E-state index < -0.39 is 5.54 Å². The molecule has 0 aromatic heterocycles. The first-order chi connectivity index (χ1) is 9.20. The Morgan fingerprint density at radius 2 is 1.95 bits per heavy atom. The zero-order chi connectivity index (χ0) is 14.8. The number of fused-ring (bicyclic) bond motifs is 1. The molecular weight excluding hydrogens is 288 g/mol. The summed E-state index contributed by atoms with van der Waals surface area (Å²) in [5, 5.41) is 0. The third-order valence-corrected chi connectivity index (χ3v) is 6.00. The van der Waals surface area contributed by atoms with Gasteiger partial charge in [-0.1, -0.05) is 27.7 Å². The lowest BCUT2D eigenvalue weighted by Crippen LogP contribution is -2.82. The fraction of sp³-hybridized carbons (Fsp3) is 0.938. The van der Waals surface area contributed by atoms with Gasteiger partial charge in [0.05, 0.1) is 6.10 Å². The van der Waals surface area contributed by atoms with E-state index >= 15 is 0 Å². The van der Waals surface area contributed by atoms with Gasteiger partial charge in [0.15, 0.2) is 0 Å². The minimum atomic E-state index is -0.738. The van der Waals surface area contributed by atoms with E-state index in [1.54, 1.807) is 0 Å². The molecular formula is C16H29ClN2O2. The number of amides is 1. The molecule has 3 unspecified atom stereocenters. The Morgan fingerprint density at radius 3 is 2.52 bits per heavy atom. The first-order valence-corrected chi connectivity index (χ1v) is 7.90. The third kappa shape index (κ3) is 2.22. The molecule has 2 aliphatic heterocycles. The van der Waals surface area contributed by atoms with Crippen molar-refractivity contribution < 1.29 is 9.53 Å². The minimum absolute atomic E-state index is 0. The zero-order valence-corrected chi connectivity index (χ0v) is 14.5. The van der Waals surface area contributed by atoms with E-state index in [0.29, 0.717) is 0 Å². The number of hydrogen-bond acceptors (Lipinski definition) is 3. The molecule has 2 N–H and O–H groups in total. The van der Waals surface area contributed by atoms with Gasteiger partial charge < -0.3 is 15.4 Å². The Hall–Kier alpha value is -0.320. The van der Waals surface area contributed by atoms with Gasteiger partial charge in [0.1, 0.15) is 5.54 Å². The van der Waals surface area contributed by atoms with Crippen molar-refractivity contribution in [3.8, 4) is 0 Å². The molecule has 1 saturated carbocycles. The largest absolute Gasteiger partial charge is 0.377 e. The van der Waals surface area contributed by atoms with E-state index in [1.807, 2.05) is 4.90 Å². The van der Waals surface area contributed by atoms with Crippen LogP contribution in [-0.4, -0.2) is 42.1 Å². The lowest BCUT2D eigenvalue weighted by Gasteiger charge is -2.65. The van der Waals surface area contributed by atoms with Crippen LogP contribution in [0.1, 0.15) is 47.0 Å². The Kier molecular flexibility index (Phi) is 4.14. The Bertz CT molecular complexity index is 438. The lowest BCUT2D eigenvalue weighted by atomic mass is 9.46. The Balaban J connectivity index is 0.00000161. The van der Waals surface area contributed by atoms with Gasteiger partial charge in [-0.05, 0) is 24.7 Å². The van der Waals surface area contributed by atoms with Crippen LogP contribution in [-0.2, 0) is 9.53 Å². The van der Waals surface area contributed by atoms with Crippen LogP contribution in [0.2, 0.25) is 0 Å². The smallest absolute Gasteiger partial charge is 0.243 e. The first kappa shape index (κ1) is 17.0. The van der Waals surface area contributed by atoms with Crippen molar-refractivity contribution in [3.05, 3.63) is 0 Å². The molecule has 0 spiro atoms. The highest BCUT2D eigenvalue weighted by atomic mass is 35.5. The molecule has 0 aromatic carbocycles. The van der Waals surface area contributed by atoms with E-state index in [-0.39, 0.29) is 41.2 Å². The van der Waals surface area contributed by atoms with Gasteiger partial charge in [-0.2, -0.15) is 0 Å². The molecule has 5 heteroatoms. The SMILES string of the molecule is CC1(C)CCN(C(=O)C2(N)C3CCCOC3C2(C)C)C1.Cl. The molecule has 3 atom stereocenters. The fourth-order valence-corrected chi connectivity index (χ4v) is 4.56. The van der Waals surface area contributed by atoms with Crippen LogP contribution in [0.15, 0.2) is 0 Å². The van der Waals surface area contributed by atoms with E-state index in [0.717, 1.165) is 39.0 Å². The molecule has 4 nitrogen and oxygen atoms in total. The Morgan fingerprint density at radius 1 is 1.29 bits per heavy atom. The van der Waals surface area contributed by atoms with E-state index in [4.69, 9.17) is 10.5 Å². The summed E-state index contributed by atoms with van der Waals surface area (Å²) in [6.07, 6.45) is 3.27. The molecule has 0 aromatic rings. The molecule has 1 amide bonds. The van der Waals surface area contributed by atoms with Crippen LogP contribution in [0, 0.1) is 16.7 Å². The average molecular weight is 317 g/mol. The number of likely N-dealkylation sites (tertiary alicyclic amines) is 1. The van der Waals surface area contributed by atoms with E-state index in [2.05, 4.69) is 27.7 Å². The summed E-state index contributed by atoms with van der Waals surface area (Å²) in [7, 11) is 0. The van der Waals surface area contributed by atoms with Crippen LogP contribution in [0.25, 0.3) is 0 Å². The second kappa shape index (κ2) is 5.10. The van der Waals surface area contributed by atoms with Crippen LogP contribution in [0.3, 0.4) is 0 Å². The van der Waals surface area contributed by atoms with Crippen molar-refractivity contribution in [1.82, 2.24) is 4.90 Å². The van der Waals surface area contributed by atoms with Crippen LogP contribution >= 0.6 is 12.4 Å². The number of carbonyl (C=O) groups excluding carboxylic acids is 1.